The number of aryl methyl sites for hydroxylation is 1. The molecule has 17 heavy (non-hydrogen) atoms. The van der Waals surface area contributed by atoms with Crippen molar-refractivity contribution in [2.75, 3.05) is 13.4 Å². The number of hydrogen-bond acceptors (Lipinski definition) is 4. The van der Waals surface area contributed by atoms with Gasteiger partial charge in [0.15, 0.2) is 5.16 Å². The van der Waals surface area contributed by atoms with E-state index in [-0.39, 0.29) is 0 Å². The maximum absolute atomic E-state index is 5.14. The van der Waals surface area contributed by atoms with Gasteiger partial charge in [-0.15, -0.1) is 0 Å². The Labute approximate surface area is 105 Å². The van der Waals surface area contributed by atoms with Crippen LogP contribution in [0.15, 0.2) is 35.5 Å². The van der Waals surface area contributed by atoms with Crippen LogP contribution < -0.4 is 4.74 Å². The highest BCUT2D eigenvalue weighted by Crippen LogP contribution is 2.22. The highest BCUT2D eigenvalue weighted by Gasteiger charge is 2.04. The molecule has 2 rings (SSSR count). The first-order chi connectivity index (χ1) is 8.22. The van der Waals surface area contributed by atoms with Crippen LogP contribution in [0.2, 0.25) is 0 Å². The summed E-state index contributed by atoms with van der Waals surface area (Å²) in [5, 5.41) is 0.802. The van der Waals surface area contributed by atoms with Crippen LogP contribution in [-0.4, -0.2) is 23.3 Å². The number of rotatable bonds is 3. The van der Waals surface area contributed by atoms with Crippen molar-refractivity contribution in [1.29, 1.82) is 0 Å². The zero-order valence-corrected chi connectivity index (χ0v) is 10.9. The second-order valence-corrected chi connectivity index (χ2v) is 4.38. The molecule has 88 valence electrons. The number of thioether (sulfide) groups is 1. The van der Waals surface area contributed by atoms with Gasteiger partial charge in [0.1, 0.15) is 5.75 Å². The van der Waals surface area contributed by atoms with Crippen molar-refractivity contribution in [3.05, 3.63) is 36.0 Å². The van der Waals surface area contributed by atoms with Crippen molar-refractivity contribution in [1.82, 2.24) is 9.97 Å². The standard InChI is InChI=1S/C13H14N2OS/c1-9-8-12(15-13(14-9)17-3)10-4-6-11(16-2)7-5-10/h4-8H,1-3H3. The number of ether oxygens (including phenoxy) is 1. The molecular formula is C13H14N2OS. The van der Waals surface area contributed by atoms with Gasteiger partial charge in [-0.1, -0.05) is 11.8 Å². The van der Waals surface area contributed by atoms with Crippen LogP contribution in [-0.2, 0) is 0 Å². The summed E-state index contributed by atoms with van der Waals surface area (Å²) in [6.45, 7) is 1.98. The Balaban J connectivity index is 2.41. The van der Waals surface area contributed by atoms with Crippen molar-refractivity contribution in [2.24, 2.45) is 0 Å². The quantitative estimate of drug-likeness (QED) is 0.615. The third-order valence-electron chi connectivity index (χ3n) is 2.40. The van der Waals surface area contributed by atoms with E-state index in [1.54, 1.807) is 18.9 Å². The molecule has 0 spiro atoms. The minimum absolute atomic E-state index is 0.802. The van der Waals surface area contributed by atoms with E-state index in [4.69, 9.17) is 4.74 Å². The summed E-state index contributed by atoms with van der Waals surface area (Å²) in [5.41, 5.74) is 3.01. The molecule has 2 aromatic rings. The van der Waals surface area contributed by atoms with Crippen LogP contribution in [0.5, 0.6) is 5.75 Å². The molecule has 0 atom stereocenters. The number of methoxy groups -OCH3 is 1. The molecular weight excluding hydrogens is 232 g/mol. The van der Waals surface area contributed by atoms with E-state index >= 15 is 0 Å². The zero-order valence-electron chi connectivity index (χ0n) is 10.1. The van der Waals surface area contributed by atoms with Gasteiger partial charge >= 0.3 is 0 Å². The van der Waals surface area contributed by atoms with Crippen molar-refractivity contribution >= 4 is 11.8 Å². The predicted molar refractivity (Wildman–Crippen MR) is 70.5 cm³/mol. The Morgan fingerprint density at radius 2 is 1.82 bits per heavy atom. The third-order valence-corrected chi connectivity index (χ3v) is 2.95. The Bertz CT molecular complexity index is 511. The minimum atomic E-state index is 0.802. The molecule has 0 saturated heterocycles. The van der Waals surface area contributed by atoms with Crippen LogP contribution in [0.3, 0.4) is 0 Å². The van der Waals surface area contributed by atoms with Crippen molar-refractivity contribution in [2.45, 2.75) is 12.1 Å². The highest BCUT2D eigenvalue weighted by atomic mass is 32.2. The van der Waals surface area contributed by atoms with Gasteiger partial charge in [-0.25, -0.2) is 9.97 Å². The van der Waals surface area contributed by atoms with Crippen molar-refractivity contribution in [3.63, 3.8) is 0 Å². The Hall–Kier alpha value is -1.55. The second-order valence-electron chi connectivity index (χ2n) is 3.61. The topological polar surface area (TPSA) is 35.0 Å². The molecule has 0 aliphatic rings. The summed E-state index contributed by atoms with van der Waals surface area (Å²) < 4.78 is 5.14. The van der Waals surface area contributed by atoms with E-state index in [9.17, 15) is 0 Å². The van der Waals surface area contributed by atoms with Gasteiger partial charge in [0.05, 0.1) is 12.8 Å². The third kappa shape index (κ3) is 2.77. The summed E-state index contributed by atoms with van der Waals surface area (Å²) in [6.07, 6.45) is 1.98. The first kappa shape index (κ1) is 11.9. The Morgan fingerprint density at radius 1 is 1.12 bits per heavy atom. The van der Waals surface area contributed by atoms with Gasteiger partial charge in [-0.2, -0.15) is 0 Å². The molecule has 0 aliphatic heterocycles. The molecule has 4 heteroatoms. The number of aromatic nitrogens is 2. The molecule has 0 unspecified atom stereocenters. The van der Waals surface area contributed by atoms with Gasteiger partial charge < -0.3 is 4.74 Å². The fourth-order valence-electron chi connectivity index (χ4n) is 1.54. The average molecular weight is 246 g/mol. The molecule has 1 aromatic heterocycles. The van der Waals surface area contributed by atoms with Crippen molar-refractivity contribution in [3.8, 4) is 17.0 Å². The molecule has 1 aromatic carbocycles. The average Bonchev–Trinajstić information content (AvgIpc) is 2.38. The van der Waals surface area contributed by atoms with Crippen LogP contribution in [0.25, 0.3) is 11.3 Å². The van der Waals surface area contributed by atoms with Gasteiger partial charge in [0.25, 0.3) is 0 Å². The fraction of sp³-hybridized carbons (Fsp3) is 0.231. The Morgan fingerprint density at radius 3 is 2.41 bits per heavy atom. The fourth-order valence-corrected chi connectivity index (χ4v) is 1.97. The summed E-state index contributed by atoms with van der Waals surface area (Å²) in [4.78, 5) is 8.83. The van der Waals surface area contributed by atoms with E-state index < -0.39 is 0 Å². The molecule has 3 nitrogen and oxygen atoms in total. The first-order valence-corrected chi connectivity index (χ1v) is 6.49. The lowest BCUT2D eigenvalue weighted by molar-refractivity contribution is 0.415. The van der Waals surface area contributed by atoms with Crippen LogP contribution in [0, 0.1) is 6.92 Å². The van der Waals surface area contributed by atoms with E-state index in [0.717, 1.165) is 27.9 Å². The van der Waals surface area contributed by atoms with Crippen molar-refractivity contribution < 1.29 is 4.74 Å². The zero-order chi connectivity index (χ0) is 12.3. The second kappa shape index (κ2) is 5.19. The summed E-state index contributed by atoms with van der Waals surface area (Å²) in [5.74, 6) is 0.851. The number of hydrogen-bond donors (Lipinski definition) is 0. The molecule has 0 N–H and O–H groups in total. The lowest BCUT2D eigenvalue weighted by Crippen LogP contribution is -1.93. The van der Waals surface area contributed by atoms with Crippen LogP contribution in [0.1, 0.15) is 5.69 Å². The predicted octanol–water partition coefficient (Wildman–Crippen LogP) is 3.18. The molecule has 0 aliphatic carbocycles. The number of nitrogens with zero attached hydrogens (tertiary/aromatic N) is 2. The van der Waals surface area contributed by atoms with E-state index in [1.807, 2.05) is 43.5 Å². The monoisotopic (exact) mass is 246 g/mol. The lowest BCUT2D eigenvalue weighted by Gasteiger charge is -2.05. The van der Waals surface area contributed by atoms with Crippen LogP contribution in [0.4, 0.5) is 0 Å². The molecule has 0 bridgehead atoms. The smallest absolute Gasteiger partial charge is 0.188 e. The van der Waals surface area contributed by atoms with E-state index in [0.29, 0.717) is 0 Å². The Kier molecular flexibility index (Phi) is 3.64. The highest BCUT2D eigenvalue weighted by molar-refractivity contribution is 7.98. The normalized spacial score (nSPS) is 10.3. The molecule has 0 radical (unpaired) electrons. The minimum Gasteiger partial charge on any atom is -0.497 e. The number of benzene rings is 1. The molecule has 0 fully saturated rings. The molecule has 0 saturated carbocycles. The summed E-state index contributed by atoms with van der Waals surface area (Å²) in [7, 11) is 1.66. The molecule has 1 heterocycles. The SMILES string of the molecule is COc1ccc(-c2cc(C)nc(SC)n2)cc1. The summed E-state index contributed by atoms with van der Waals surface area (Å²) >= 11 is 1.55. The van der Waals surface area contributed by atoms with Crippen LogP contribution >= 0.6 is 11.8 Å². The van der Waals surface area contributed by atoms with E-state index in [2.05, 4.69) is 9.97 Å². The van der Waals surface area contributed by atoms with E-state index in [1.165, 1.54) is 0 Å². The van der Waals surface area contributed by atoms with Gasteiger partial charge in [-0.3, -0.25) is 0 Å². The molecule has 0 amide bonds. The maximum atomic E-state index is 5.14. The maximum Gasteiger partial charge on any atom is 0.188 e. The lowest BCUT2D eigenvalue weighted by atomic mass is 10.1. The van der Waals surface area contributed by atoms with Gasteiger partial charge in [-0.05, 0) is 43.5 Å². The van der Waals surface area contributed by atoms with Gasteiger partial charge in [0, 0.05) is 11.3 Å². The van der Waals surface area contributed by atoms with Gasteiger partial charge in [0.2, 0.25) is 0 Å². The summed E-state index contributed by atoms with van der Waals surface area (Å²) in [6, 6.07) is 9.87. The first-order valence-electron chi connectivity index (χ1n) is 5.27. The largest absolute Gasteiger partial charge is 0.497 e.